The van der Waals surface area contributed by atoms with Crippen LogP contribution in [0.2, 0.25) is 0 Å². The molecule has 1 aromatic carbocycles. The molecule has 2 aromatic rings. The molecule has 0 saturated heterocycles. The van der Waals surface area contributed by atoms with Crippen molar-refractivity contribution in [2.75, 3.05) is 6.61 Å². The average molecular weight is 212 g/mol. The second kappa shape index (κ2) is 3.46. The van der Waals surface area contributed by atoms with Crippen molar-refractivity contribution in [1.29, 1.82) is 0 Å². The van der Waals surface area contributed by atoms with E-state index in [2.05, 4.69) is 0 Å². The number of rotatable bonds is 2. The van der Waals surface area contributed by atoms with Crippen LogP contribution in [0.4, 0.5) is 4.39 Å². The van der Waals surface area contributed by atoms with Crippen LogP contribution in [0.5, 0.6) is 10.8 Å². The average Bonchev–Trinajstić information content (AvgIpc) is 2.53. The normalized spacial score (nSPS) is 10.7. The maximum absolute atomic E-state index is 13.3. The second-order valence-electron chi connectivity index (χ2n) is 2.81. The van der Waals surface area contributed by atoms with Gasteiger partial charge in [-0.05, 0) is 19.1 Å². The van der Waals surface area contributed by atoms with E-state index in [0.717, 1.165) is 11.3 Å². The number of benzene rings is 1. The lowest BCUT2D eigenvalue weighted by Crippen LogP contribution is -1.91. The van der Waals surface area contributed by atoms with Gasteiger partial charge in [-0.15, -0.1) is 0 Å². The van der Waals surface area contributed by atoms with E-state index in [0.29, 0.717) is 22.4 Å². The number of halogens is 1. The highest BCUT2D eigenvalue weighted by Gasteiger charge is 2.10. The molecule has 0 aliphatic heterocycles. The van der Waals surface area contributed by atoms with Crippen LogP contribution in [0.25, 0.3) is 10.1 Å². The van der Waals surface area contributed by atoms with Crippen molar-refractivity contribution in [3.05, 3.63) is 24.0 Å². The number of ether oxygens (including phenoxy) is 1. The Morgan fingerprint density at radius 3 is 3.00 bits per heavy atom. The summed E-state index contributed by atoms with van der Waals surface area (Å²) in [7, 11) is 0. The van der Waals surface area contributed by atoms with Crippen LogP contribution in [-0.2, 0) is 0 Å². The highest BCUT2D eigenvalue weighted by molar-refractivity contribution is 7.20. The predicted molar refractivity (Wildman–Crippen MR) is 54.6 cm³/mol. The van der Waals surface area contributed by atoms with E-state index >= 15 is 0 Å². The Morgan fingerprint density at radius 1 is 1.50 bits per heavy atom. The third kappa shape index (κ3) is 1.42. The molecule has 2 rings (SSSR count). The van der Waals surface area contributed by atoms with Gasteiger partial charge < -0.3 is 9.84 Å². The minimum absolute atomic E-state index is 0.103. The maximum Gasteiger partial charge on any atom is 0.172 e. The van der Waals surface area contributed by atoms with Gasteiger partial charge in [0.25, 0.3) is 0 Å². The zero-order chi connectivity index (χ0) is 10.1. The molecule has 0 aliphatic carbocycles. The lowest BCUT2D eigenvalue weighted by atomic mass is 10.2. The van der Waals surface area contributed by atoms with Crippen molar-refractivity contribution in [3.63, 3.8) is 0 Å². The minimum Gasteiger partial charge on any atom is -0.499 e. The van der Waals surface area contributed by atoms with Crippen LogP contribution in [0.3, 0.4) is 0 Å². The van der Waals surface area contributed by atoms with Crippen LogP contribution >= 0.6 is 11.3 Å². The van der Waals surface area contributed by atoms with Gasteiger partial charge in [0.15, 0.2) is 5.06 Å². The van der Waals surface area contributed by atoms with E-state index in [4.69, 9.17) is 4.74 Å². The predicted octanol–water partition coefficient (Wildman–Crippen LogP) is 3.14. The summed E-state index contributed by atoms with van der Waals surface area (Å²) in [5.41, 5.74) is 0. The van der Waals surface area contributed by atoms with Gasteiger partial charge in [0, 0.05) is 11.5 Å². The van der Waals surface area contributed by atoms with Gasteiger partial charge in [-0.1, -0.05) is 11.3 Å². The van der Waals surface area contributed by atoms with Gasteiger partial charge in [-0.3, -0.25) is 0 Å². The molecule has 0 aliphatic rings. The summed E-state index contributed by atoms with van der Waals surface area (Å²) < 4.78 is 19.0. The summed E-state index contributed by atoms with van der Waals surface area (Å²) in [4.78, 5) is 0. The fourth-order valence-corrected chi connectivity index (χ4v) is 2.16. The topological polar surface area (TPSA) is 29.5 Å². The number of fused-ring (bicyclic) bond motifs is 1. The van der Waals surface area contributed by atoms with Crippen LogP contribution in [0.1, 0.15) is 6.92 Å². The number of thiophene rings is 1. The first-order valence-corrected chi connectivity index (χ1v) is 5.08. The molecule has 1 N–H and O–H groups in total. The summed E-state index contributed by atoms with van der Waals surface area (Å²) >= 11 is 1.02. The van der Waals surface area contributed by atoms with Crippen LogP contribution in [0.15, 0.2) is 18.2 Å². The zero-order valence-corrected chi connectivity index (χ0v) is 8.40. The van der Waals surface area contributed by atoms with Crippen molar-refractivity contribution in [1.82, 2.24) is 0 Å². The molecule has 0 atom stereocenters. The third-order valence-corrected chi connectivity index (χ3v) is 2.83. The van der Waals surface area contributed by atoms with Crippen molar-refractivity contribution in [3.8, 4) is 10.8 Å². The number of aromatic hydroxyl groups is 1. The van der Waals surface area contributed by atoms with E-state index in [1.807, 2.05) is 6.92 Å². The SMILES string of the molecule is CCOc1ccc(F)c2sc(O)cc12. The standard InChI is InChI=1S/C10H9FO2S/c1-2-13-8-4-3-7(11)10-6(8)5-9(12)14-10/h3-5,12H,2H2,1H3. The van der Waals surface area contributed by atoms with Gasteiger partial charge in [0.1, 0.15) is 11.6 Å². The Balaban J connectivity index is 2.68. The van der Waals surface area contributed by atoms with Gasteiger partial charge in [0.05, 0.1) is 11.3 Å². The summed E-state index contributed by atoms with van der Waals surface area (Å²) in [6.45, 7) is 2.39. The molecule has 1 heterocycles. The van der Waals surface area contributed by atoms with E-state index in [9.17, 15) is 9.50 Å². The molecule has 0 bridgehead atoms. The Morgan fingerprint density at radius 2 is 2.29 bits per heavy atom. The molecule has 74 valence electrons. The van der Waals surface area contributed by atoms with Gasteiger partial charge in [-0.25, -0.2) is 4.39 Å². The monoisotopic (exact) mass is 212 g/mol. The van der Waals surface area contributed by atoms with E-state index in [1.165, 1.54) is 12.1 Å². The highest BCUT2D eigenvalue weighted by Crippen LogP contribution is 2.37. The molecule has 14 heavy (non-hydrogen) atoms. The molecule has 0 saturated carbocycles. The number of hydrogen-bond donors (Lipinski definition) is 1. The molecule has 0 unspecified atom stereocenters. The lowest BCUT2D eigenvalue weighted by Gasteiger charge is -2.03. The second-order valence-corrected chi connectivity index (χ2v) is 3.84. The summed E-state index contributed by atoms with van der Waals surface area (Å²) in [5.74, 6) is 0.286. The first-order chi connectivity index (χ1) is 6.72. The van der Waals surface area contributed by atoms with Gasteiger partial charge >= 0.3 is 0 Å². The van der Waals surface area contributed by atoms with Crippen LogP contribution in [0, 0.1) is 5.82 Å². The largest absolute Gasteiger partial charge is 0.499 e. The van der Waals surface area contributed by atoms with Crippen molar-refractivity contribution >= 4 is 21.4 Å². The van der Waals surface area contributed by atoms with Crippen molar-refractivity contribution in [2.24, 2.45) is 0 Å². The van der Waals surface area contributed by atoms with Crippen molar-refractivity contribution < 1.29 is 14.2 Å². The quantitative estimate of drug-likeness (QED) is 0.828. The first-order valence-electron chi connectivity index (χ1n) is 4.26. The Kier molecular flexibility index (Phi) is 2.29. The maximum atomic E-state index is 13.3. The van der Waals surface area contributed by atoms with Gasteiger partial charge in [0.2, 0.25) is 0 Å². The Labute approximate surface area is 84.6 Å². The smallest absolute Gasteiger partial charge is 0.172 e. The minimum atomic E-state index is -0.325. The fraction of sp³-hybridized carbons (Fsp3) is 0.200. The summed E-state index contributed by atoms with van der Waals surface area (Å²) in [5, 5.41) is 10.0. The molecule has 2 nitrogen and oxygen atoms in total. The summed E-state index contributed by atoms with van der Waals surface area (Å²) in [6.07, 6.45) is 0. The van der Waals surface area contributed by atoms with Crippen LogP contribution < -0.4 is 4.74 Å². The van der Waals surface area contributed by atoms with E-state index in [1.54, 1.807) is 6.07 Å². The molecular weight excluding hydrogens is 203 g/mol. The molecule has 0 amide bonds. The molecule has 0 radical (unpaired) electrons. The van der Waals surface area contributed by atoms with E-state index < -0.39 is 0 Å². The molecule has 1 aromatic heterocycles. The highest BCUT2D eigenvalue weighted by atomic mass is 32.1. The third-order valence-electron chi connectivity index (χ3n) is 1.88. The van der Waals surface area contributed by atoms with Gasteiger partial charge in [-0.2, -0.15) is 0 Å². The lowest BCUT2D eigenvalue weighted by molar-refractivity contribution is 0.344. The summed E-state index contributed by atoms with van der Waals surface area (Å²) in [6, 6.07) is 4.45. The molecular formula is C10H9FO2S. The molecule has 4 heteroatoms. The number of hydrogen-bond acceptors (Lipinski definition) is 3. The molecule has 0 spiro atoms. The zero-order valence-electron chi connectivity index (χ0n) is 7.58. The van der Waals surface area contributed by atoms with E-state index in [-0.39, 0.29) is 10.9 Å². The van der Waals surface area contributed by atoms with Crippen molar-refractivity contribution in [2.45, 2.75) is 6.92 Å². The van der Waals surface area contributed by atoms with Crippen LogP contribution in [-0.4, -0.2) is 11.7 Å². The Bertz CT molecular complexity index is 464. The molecule has 0 fully saturated rings. The Hall–Kier alpha value is -1.29. The first kappa shape index (κ1) is 9.27. The fourth-order valence-electron chi connectivity index (χ4n) is 1.33.